The lowest BCUT2D eigenvalue weighted by molar-refractivity contribution is -0.0375. The molecule has 1 aromatic heterocycles. The van der Waals surface area contributed by atoms with E-state index in [1.54, 1.807) is 4.68 Å². The Kier molecular flexibility index (Phi) is 8.64. The number of hydrogen-bond donors (Lipinski definition) is 1. The first-order chi connectivity index (χ1) is 20.0. The maximum absolute atomic E-state index is 15.3. The molecule has 0 spiro atoms. The molecule has 1 amide bonds. The Morgan fingerprint density at radius 1 is 1.07 bits per heavy atom. The molecule has 11 heteroatoms. The Balaban J connectivity index is 1.56. The molecule has 0 bridgehead atoms. The van der Waals surface area contributed by atoms with Gasteiger partial charge >= 0.3 is 13.2 Å². The van der Waals surface area contributed by atoms with E-state index >= 15 is 4.39 Å². The Morgan fingerprint density at radius 2 is 1.76 bits per heavy atom. The Morgan fingerprint density at radius 3 is 2.38 bits per heavy atom. The van der Waals surface area contributed by atoms with Crippen molar-refractivity contribution in [2.24, 2.45) is 5.73 Å². The second-order valence-electron chi connectivity index (χ2n) is 11.7. The fraction of sp³-hybridized carbons (Fsp3) is 0.484. The van der Waals surface area contributed by atoms with Crippen molar-refractivity contribution in [3.63, 3.8) is 0 Å². The maximum atomic E-state index is 15.3. The van der Waals surface area contributed by atoms with Gasteiger partial charge in [0.1, 0.15) is 19.0 Å². The van der Waals surface area contributed by atoms with Gasteiger partial charge in [0.25, 0.3) is 0 Å². The van der Waals surface area contributed by atoms with Crippen molar-refractivity contribution in [2.75, 3.05) is 19.8 Å². The largest absolute Gasteiger partial charge is 0.491 e. The predicted molar refractivity (Wildman–Crippen MR) is 158 cm³/mol. The number of aromatic nitrogens is 2. The minimum atomic E-state index is -0.844. The van der Waals surface area contributed by atoms with Crippen LogP contribution in [0.2, 0.25) is 0 Å². The van der Waals surface area contributed by atoms with Gasteiger partial charge in [-0.2, -0.15) is 4.39 Å². The lowest BCUT2D eigenvalue weighted by atomic mass is 9.70. The van der Waals surface area contributed by atoms with Crippen LogP contribution < -0.4 is 10.5 Å². The van der Waals surface area contributed by atoms with Crippen LogP contribution in [0.1, 0.15) is 77.7 Å². The maximum Gasteiger partial charge on any atom is 0.491 e. The average Bonchev–Trinajstić information content (AvgIpc) is 3.40. The van der Waals surface area contributed by atoms with Gasteiger partial charge in [-0.1, -0.05) is 25.1 Å². The monoisotopic (exact) mass is 579 g/mol. The Labute approximate surface area is 246 Å². The zero-order valence-electron chi connectivity index (χ0n) is 24.9. The third-order valence-corrected chi connectivity index (χ3v) is 8.36. The van der Waals surface area contributed by atoms with Crippen LogP contribution >= 0.6 is 0 Å². The van der Waals surface area contributed by atoms with E-state index in [-0.39, 0.29) is 19.4 Å². The molecule has 2 fully saturated rings. The molecule has 2 aromatic carbocycles. The zero-order valence-corrected chi connectivity index (χ0v) is 24.9. The van der Waals surface area contributed by atoms with Gasteiger partial charge in [0.2, 0.25) is 5.95 Å². The molecule has 2 aliphatic rings. The smallest absolute Gasteiger partial charge is 0.490 e. The van der Waals surface area contributed by atoms with E-state index in [1.807, 2.05) is 70.2 Å². The summed E-state index contributed by atoms with van der Waals surface area (Å²) >= 11 is 0. The number of nitrogens with two attached hydrogens (primary N) is 1. The number of halogens is 1. The molecule has 0 aliphatic carbocycles. The third kappa shape index (κ3) is 6.04. The molecule has 5 rings (SSSR count). The van der Waals surface area contributed by atoms with Crippen molar-refractivity contribution in [2.45, 2.75) is 77.7 Å². The predicted octanol–water partition coefficient (Wildman–Crippen LogP) is 6.19. The van der Waals surface area contributed by atoms with Gasteiger partial charge in [-0.15, -0.1) is 5.10 Å². The minimum Gasteiger partial charge on any atom is -0.490 e. The molecule has 3 heterocycles. The number of ether oxygens (including phenoxy) is 3. The van der Waals surface area contributed by atoms with E-state index < -0.39 is 30.4 Å². The molecule has 2 saturated heterocycles. The van der Waals surface area contributed by atoms with Crippen LogP contribution in [0, 0.1) is 5.95 Å². The number of primary amides is 1. The van der Waals surface area contributed by atoms with Gasteiger partial charge in [-0.3, -0.25) is 0 Å². The molecule has 2 aliphatic heterocycles. The van der Waals surface area contributed by atoms with Crippen molar-refractivity contribution in [1.29, 1.82) is 0 Å². The van der Waals surface area contributed by atoms with E-state index in [2.05, 4.69) is 12.0 Å². The Hall–Kier alpha value is -3.41. The number of hydrogen-bond acceptors (Lipinski definition) is 7. The number of rotatable bonds is 9. The molecule has 1 unspecified atom stereocenters. The number of fused-ring (bicyclic) bond motifs is 1. The van der Waals surface area contributed by atoms with E-state index in [0.717, 1.165) is 41.4 Å². The van der Waals surface area contributed by atoms with Crippen LogP contribution in [0.15, 0.2) is 47.9 Å². The standard InChI is InChI=1S/C31H39BFN3O6/c1-6-24(32-41-30(2,3)31(4,5)42-32)27(20-10-13-22(14-11-20)38-17-18-40-29(34)37)21-12-15-25-23(19-21)28(33)35-36(25)26-9-7-8-16-39-26/h10-15,19,26H,6-9,16-18H2,1-5H3,(H2,34,37). The summed E-state index contributed by atoms with van der Waals surface area (Å²) in [5.74, 6) is 0.0751. The van der Waals surface area contributed by atoms with E-state index in [4.69, 9.17) is 29.3 Å². The first-order valence-electron chi connectivity index (χ1n) is 14.5. The third-order valence-electron chi connectivity index (χ3n) is 8.36. The highest BCUT2D eigenvalue weighted by molar-refractivity contribution is 6.56. The van der Waals surface area contributed by atoms with Gasteiger partial charge in [-0.05, 0) is 99.8 Å². The summed E-state index contributed by atoms with van der Waals surface area (Å²) in [5, 5.41) is 4.66. The highest BCUT2D eigenvalue weighted by Crippen LogP contribution is 2.42. The number of amides is 1. The van der Waals surface area contributed by atoms with Crippen LogP contribution in [0.4, 0.5) is 9.18 Å². The van der Waals surface area contributed by atoms with E-state index in [9.17, 15) is 4.79 Å². The topological polar surface area (TPSA) is 107 Å². The van der Waals surface area contributed by atoms with Crippen LogP contribution in [0.25, 0.3) is 16.5 Å². The molecule has 3 aromatic rings. The van der Waals surface area contributed by atoms with Gasteiger partial charge in [0.15, 0.2) is 6.23 Å². The lowest BCUT2D eigenvalue weighted by Gasteiger charge is -2.32. The summed E-state index contributed by atoms with van der Waals surface area (Å²) in [5.41, 5.74) is 8.21. The first kappa shape index (κ1) is 30.1. The average molecular weight is 579 g/mol. The first-order valence-corrected chi connectivity index (χ1v) is 14.5. The molecule has 42 heavy (non-hydrogen) atoms. The number of carbonyl (C=O) groups excluding carboxylic acids is 1. The van der Waals surface area contributed by atoms with Crippen molar-refractivity contribution in [3.8, 4) is 5.75 Å². The fourth-order valence-corrected chi connectivity index (χ4v) is 5.40. The summed E-state index contributed by atoms with van der Waals surface area (Å²) in [6.07, 6.45) is 2.34. The minimum absolute atomic E-state index is 0.0509. The van der Waals surface area contributed by atoms with Gasteiger partial charge in [-0.25, -0.2) is 9.48 Å². The second kappa shape index (κ2) is 12.1. The molecule has 0 saturated carbocycles. The number of benzene rings is 2. The van der Waals surface area contributed by atoms with E-state index in [0.29, 0.717) is 29.7 Å². The summed E-state index contributed by atoms with van der Waals surface area (Å²) in [6.45, 7) is 11.0. The summed E-state index contributed by atoms with van der Waals surface area (Å²) < 4.78 is 46.3. The van der Waals surface area contributed by atoms with Crippen LogP contribution in [0.5, 0.6) is 5.75 Å². The number of carbonyl (C=O) groups is 1. The molecule has 224 valence electrons. The lowest BCUT2D eigenvalue weighted by Crippen LogP contribution is -2.41. The van der Waals surface area contributed by atoms with Crippen molar-refractivity contribution in [1.82, 2.24) is 9.78 Å². The zero-order chi connectivity index (χ0) is 30.1. The van der Waals surface area contributed by atoms with Gasteiger partial charge in [0.05, 0.1) is 22.1 Å². The van der Waals surface area contributed by atoms with Crippen LogP contribution in [0.3, 0.4) is 0 Å². The SMILES string of the molecule is CCC(B1OC(C)(C)C(C)(C)O1)=C(c1ccc(OCCOC(N)=O)cc1)c1ccc2c(c1)c(F)nn2C1CCCCO1. The van der Waals surface area contributed by atoms with E-state index in [1.165, 1.54) is 0 Å². The van der Waals surface area contributed by atoms with Crippen molar-refractivity contribution in [3.05, 3.63) is 65.0 Å². The highest BCUT2D eigenvalue weighted by Gasteiger charge is 2.52. The quantitative estimate of drug-likeness (QED) is 0.238. The van der Waals surface area contributed by atoms with Crippen LogP contribution in [-0.2, 0) is 18.8 Å². The Bertz CT molecular complexity index is 1450. The molecular weight excluding hydrogens is 540 g/mol. The summed E-state index contributed by atoms with van der Waals surface area (Å²) in [4.78, 5) is 10.8. The van der Waals surface area contributed by atoms with Gasteiger partial charge < -0.3 is 29.3 Å². The highest BCUT2D eigenvalue weighted by atomic mass is 19.1. The second-order valence-corrected chi connectivity index (χ2v) is 11.7. The molecule has 1 atom stereocenters. The molecule has 2 N–H and O–H groups in total. The molecule has 9 nitrogen and oxygen atoms in total. The fourth-order valence-electron chi connectivity index (χ4n) is 5.40. The number of nitrogens with zero attached hydrogens (tertiary/aromatic N) is 2. The van der Waals surface area contributed by atoms with Crippen molar-refractivity contribution >= 4 is 29.7 Å². The summed E-state index contributed by atoms with van der Waals surface area (Å²) in [7, 11) is -0.587. The van der Waals surface area contributed by atoms with Gasteiger partial charge in [0, 0.05) is 6.61 Å². The molecule has 0 radical (unpaired) electrons. The number of allylic oxidation sites excluding steroid dienone is 1. The van der Waals surface area contributed by atoms with Crippen molar-refractivity contribution < 1.29 is 32.7 Å². The van der Waals surface area contributed by atoms with Crippen LogP contribution in [-0.4, -0.2) is 54.0 Å². The summed E-state index contributed by atoms with van der Waals surface area (Å²) in [6, 6.07) is 13.3. The normalized spacial score (nSPS) is 20.4. The molecular formula is C31H39BFN3O6.